The number of hydrogen-bond donors (Lipinski definition) is 0. The highest BCUT2D eigenvalue weighted by molar-refractivity contribution is 6.15. The van der Waals surface area contributed by atoms with Crippen molar-refractivity contribution in [2.75, 3.05) is 0 Å². The van der Waals surface area contributed by atoms with Crippen LogP contribution in [-0.4, -0.2) is 15.0 Å². The summed E-state index contributed by atoms with van der Waals surface area (Å²) in [6.07, 6.45) is 0. The number of pyridine rings is 1. The van der Waals surface area contributed by atoms with Crippen molar-refractivity contribution in [3.05, 3.63) is 164 Å². The lowest BCUT2D eigenvalue weighted by Crippen LogP contribution is -1.97. The molecule has 0 spiro atoms. The Hall–Kier alpha value is -6.65. The number of hydrogen-bond acceptors (Lipinski definition) is 4. The molecular formula is C45H27N3O. The number of aromatic nitrogens is 3. The summed E-state index contributed by atoms with van der Waals surface area (Å²) in [6, 6.07) is 56.7. The highest BCUT2D eigenvalue weighted by Gasteiger charge is 2.19. The molecule has 0 atom stereocenters. The normalized spacial score (nSPS) is 11.7. The fourth-order valence-electron chi connectivity index (χ4n) is 7.17. The zero-order chi connectivity index (χ0) is 32.3. The first-order valence-corrected chi connectivity index (χ1v) is 16.4. The predicted molar refractivity (Wildman–Crippen MR) is 201 cm³/mol. The summed E-state index contributed by atoms with van der Waals surface area (Å²) in [7, 11) is 0. The van der Waals surface area contributed by atoms with Gasteiger partial charge >= 0.3 is 0 Å². The van der Waals surface area contributed by atoms with Gasteiger partial charge in [0.2, 0.25) is 0 Å². The van der Waals surface area contributed by atoms with Crippen LogP contribution in [0, 0.1) is 0 Å². The van der Waals surface area contributed by atoms with Gasteiger partial charge in [-0.1, -0.05) is 127 Å². The van der Waals surface area contributed by atoms with Crippen LogP contribution in [0.3, 0.4) is 0 Å². The summed E-state index contributed by atoms with van der Waals surface area (Å²) in [5, 5.41) is 6.83. The highest BCUT2D eigenvalue weighted by atomic mass is 16.3. The lowest BCUT2D eigenvalue weighted by atomic mass is 9.94. The number of nitrogens with zero attached hydrogens (tertiary/aromatic N) is 3. The van der Waals surface area contributed by atoms with E-state index in [1.54, 1.807) is 0 Å². The van der Waals surface area contributed by atoms with Gasteiger partial charge in [-0.2, -0.15) is 0 Å². The second-order valence-electron chi connectivity index (χ2n) is 12.4. The third kappa shape index (κ3) is 4.49. The zero-order valence-corrected chi connectivity index (χ0v) is 26.3. The van der Waals surface area contributed by atoms with Gasteiger partial charge < -0.3 is 4.42 Å². The molecule has 0 aliphatic heterocycles. The molecule has 0 bridgehead atoms. The van der Waals surface area contributed by atoms with Crippen molar-refractivity contribution in [2.45, 2.75) is 0 Å². The molecule has 4 nitrogen and oxygen atoms in total. The van der Waals surface area contributed by atoms with Gasteiger partial charge in [0.15, 0.2) is 11.4 Å². The number of rotatable bonds is 4. The molecule has 0 unspecified atom stereocenters. The van der Waals surface area contributed by atoms with Gasteiger partial charge in [-0.25, -0.2) is 15.0 Å². The second-order valence-corrected chi connectivity index (χ2v) is 12.4. The topological polar surface area (TPSA) is 51.8 Å². The Balaban J connectivity index is 1.23. The summed E-state index contributed by atoms with van der Waals surface area (Å²) in [6.45, 7) is 0. The summed E-state index contributed by atoms with van der Waals surface area (Å²) >= 11 is 0. The van der Waals surface area contributed by atoms with Crippen LogP contribution < -0.4 is 0 Å². The SMILES string of the molecule is c1ccc(-c2nc(-c3cccc(-c4c5ccccc5nc5c4oc4ccccc45)c3)cc(-c3cc4ccccc4c4ccccc34)n2)cc1. The van der Waals surface area contributed by atoms with Crippen molar-refractivity contribution in [3.8, 4) is 45.0 Å². The van der Waals surface area contributed by atoms with Crippen LogP contribution in [-0.2, 0) is 0 Å². The lowest BCUT2D eigenvalue weighted by molar-refractivity contribution is 0.670. The van der Waals surface area contributed by atoms with Crippen LogP contribution in [0.15, 0.2) is 168 Å². The first kappa shape index (κ1) is 27.5. The molecule has 0 aliphatic rings. The third-order valence-electron chi connectivity index (χ3n) is 9.45. The van der Waals surface area contributed by atoms with Crippen molar-refractivity contribution >= 4 is 54.5 Å². The summed E-state index contributed by atoms with van der Waals surface area (Å²) in [5.74, 6) is 0.685. The van der Waals surface area contributed by atoms with Gasteiger partial charge in [0.25, 0.3) is 0 Å². The van der Waals surface area contributed by atoms with E-state index in [1.807, 2.05) is 42.5 Å². The molecule has 10 aromatic rings. The van der Waals surface area contributed by atoms with E-state index in [4.69, 9.17) is 19.4 Å². The van der Waals surface area contributed by atoms with Crippen molar-refractivity contribution in [2.24, 2.45) is 0 Å². The van der Waals surface area contributed by atoms with Crippen molar-refractivity contribution in [3.63, 3.8) is 0 Å². The number of para-hydroxylation sites is 2. The molecule has 4 heteroatoms. The van der Waals surface area contributed by atoms with Crippen LogP contribution in [0.25, 0.3) is 99.5 Å². The van der Waals surface area contributed by atoms with Crippen LogP contribution in [0.2, 0.25) is 0 Å². The molecule has 228 valence electrons. The lowest BCUT2D eigenvalue weighted by Gasteiger charge is -2.14. The monoisotopic (exact) mass is 625 g/mol. The molecule has 0 fully saturated rings. The molecular weight excluding hydrogens is 599 g/mol. The van der Waals surface area contributed by atoms with E-state index in [2.05, 4.69) is 121 Å². The van der Waals surface area contributed by atoms with Crippen molar-refractivity contribution < 1.29 is 4.42 Å². The maximum Gasteiger partial charge on any atom is 0.162 e. The van der Waals surface area contributed by atoms with Gasteiger partial charge in [0.1, 0.15) is 11.1 Å². The van der Waals surface area contributed by atoms with E-state index < -0.39 is 0 Å². The standard InChI is InChI=1S/C45H27N3O/c1-2-13-28(14-3-1)45-47-39(27-40(48-45)37-26-29-15-4-5-18-32(29)33-19-6-7-20-34(33)37)30-16-12-17-31(25-30)42-35-21-8-10-23-38(35)46-43-36-22-9-11-24-41(36)49-44(42)43/h1-27H. The second kappa shape index (κ2) is 11.0. The first-order valence-electron chi connectivity index (χ1n) is 16.4. The molecule has 0 aliphatic carbocycles. The highest BCUT2D eigenvalue weighted by Crippen LogP contribution is 2.41. The van der Waals surface area contributed by atoms with Crippen LogP contribution in [0.1, 0.15) is 0 Å². The fourth-order valence-corrected chi connectivity index (χ4v) is 7.17. The predicted octanol–water partition coefficient (Wildman–Crippen LogP) is 11.9. The van der Waals surface area contributed by atoms with Gasteiger partial charge in [0, 0.05) is 33.0 Å². The minimum atomic E-state index is 0.685. The molecule has 3 aromatic heterocycles. The third-order valence-corrected chi connectivity index (χ3v) is 9.45. The Bertz CT molecular complexity index is 2890. The minimum Gasteiger partial charge on any atom is -0.454 e. The van der Waals surface area contributed by atoms with Gasteiger partial charge in [-0.3, -0.25) is 0 Å². The molecule has 3 heterocycles. The van der Waals surface area contributed by atoms with E-state index >= 15 is 0 Å². The Morgan fingerprint density at radius 3 is 1.94 bits per heavy atom. The Morgan fingerprint density at radius 2 is 1.06 bits per heavy atom. The molecule has 0 amide bonds. The average Bonchev–Trinajstić information content (AvgIpc) is 3.55. The van der Waals surface area contributed by atoms with Crippen LogP contribution >= 0.6 is 0 Å². The van der Waals surface area contributed by atoms with Gasteiger partial charge in [0.05, 0.1) is 16.9 Å². The Kier molecular flexibility index (Phi) is 6.15. The average molecular weight is 626 g/mol. The molecule has 0 N–H and O–H groups in total. The number of fused-ring (bicyclic) bond motifs is 7. The van der Waals surface area contributed by atoms with E-state index in [9.17, 15) is 0 Å². The van der Waals surface area contributed by atoms with Crippen LogP contribution in [0.4, 0.5) is 0 Å². The molecule has 49 heavy (non-hydrogen) atoms. The summed E-state index contributed by atoms with van der Waals surface area (Å²) < 4.78 is 6.53. The molecule has 0 saturated heterocycles. The van der Waals surface area contributed by atoms with Gasteiger partial charge in [-0.15, -0.1) is 0 Å². The Labute approximate surface area is 282 Å². The van der Waals surface area contributed by atoms with E-state index in [0.717, 1.165) is 77.6 Å². The zero-order valence-electron chi connectivity index (χ0n) is 26.3. The fraction of sp³-hybridized carbons (Fsp3) is 0. The molecule has 10 rings (SSSR count). The largest absolute Gasteiger partial charge is 0.454 e. The van der Waals surface area contributed by atoms with Crippen LogP contribution in [0.5, 0.6) is 0 Å². The van der Waals surface area contributed by atoms with E-state index in [1.165, 1.54) is 16.2 Å². The maximum absolute atomic E-state index is 6.53. The van der Waals surface area contributed by atoms with Gasteiger partial charge in [-0.05, 0) is 63.5 Å². The number of furan rings is 1. The molecule has 7 aromatic carbocycles. The Morgan fingerprint density at radius 1 is 0.408 bits per heavy atom. The quantitative estimate of drug-likeness (QED) is 0.183. The minimum absolute atomic E-state index is 0.685. The number of benzene rings is 7. The molecule has 0 saturated carbocycles. The molecule has 0 radical (unpaired) electrons. The van der Waals surface area contributed by atoms with E-state index in [0.29, 0.717) is 5.82 Å². The first-order chi connectivity index (χ1) is 24.3. The van der Waals surface area contributed by atoms with E-state index in [-0.39, 0.29) is 0 Å². The summed E-state index contributed by atoms with van der Waals surface area (Å²) in [4.78, 5) is 15.5. The summed E-state index contributed by atoms with van der Waals surface area (Å²) in [5.41, 5.74) is 10.2. The maximum atomic E-state index is 6.53. The van der Waals surface area contributed by atoms with Crippen molar-refractivity contribution in [1.82, 2.24) is 15.0 Å². The smallest absolute Gasteiger partial charge is 0.162 e. The van der Waals surface area contributed by atoms with Crippen molar-refractivity contribution in [1.29, 1.82) is 0 Å².